The third-order valence-corrected chi connectivity index (χ3v) is 4.16. The summed E-state index contributed by atoms with van der Waals surface area (Å²) >= 11 is 1.90. The van der Waals surface area contributed by atoms with E-state index >= 15 is 0 Å². The summed E-state index contributed by atoms with van der Waals surface area (Å²) in [6.45, 7) is 1.25. The Hall–Kier alpha value is -1.01. The lowest BCUT2D eigenvalue weighted by molar-refractivity contribution is 0.0742. The van der Waals surface area contributed by atoms with Crippen molar-refractivity contribution in [2.45, 2.75) is 19.0 Å². The maximum absolute atomic E-state index is 12.2. The lowest BCUT2D eigenvalue weighted by Gasteiger charge is -2.22. The molecule has 2 rings (SSSR count). The van der Waals surface area contributed by atoms with E-state index < -0.39 is 0 Å². The third kappa shape index (κ3) is 2.81. The molecule has 1 saturated heterocycles. The van der Waals surface area contributed by atoms with Gasteiger partial charge in [0.15, 0.2) is 0 Å². The third-order valence-electron chi connectivity index (χ3n) is 3.01. The molecule has 1 aliphatic rings. The maximum atomic E-state index is 12.2. The number of hydrogen-bond donors (Lipinski definition) is 1. The Morgan fingerprint density at radius 2 is 2.59 bits per heavy atom. The van der Waals surface area contributed by atoms with Crippen molar-refractivity contribution in [2.75, 3.05) is 25.1 Å². The molecule has 0 bridgehead atoms. The van der Waals surface area contributed by atoms with Crippen molar-refractivity contribution in [2.24, 2.45) is 5.73 Å². The van der Waals surface area contributed by atoms with E-state index in [4.69, 9.17) is 5.73 Å². The first kappa shape index (κ1) is 12.4. The van der Waals surface area contributed by atoms with Gasteiger partial charge < -0.3 is 15.2 Å². The zero-order chi connectivity index (χ0) is 12.3. The van der Waals surface area contributed by atoms with Crippen LogP contribution in [0.25, 0.3) is 0 Å². The Balaban J connectivity index is 2.02. The summed E-state index contributed by atoms with van der Waals surface area (Å²) < 4.78 is 1.85. The molecule has 0 saturated carbocycles. The van der Waals surface area contributed by atoms with Crippen LogP contribution in [0, 0.1) is 0 Å². The molecular weight excluding hydrogens is 236 g/mol. The lowest BCUT2D eigenvalue weighted by Crippen LogP contribution is -2.37. The molecule has 17 heavy (non-hydrogen) atoms. The first-order chi connectivity index (χ1) is 8.22. The van der Waals surface area contributed by atoms with E-state index in [1.807, 2.05) is 28.3 Å². The van der Waals surface area contributed by atoms with Crippen molar-refractivity contribution < 1.29 is 4.79 Å². The van der Waals surface area contributed by atoms with Gasteiger partial charge in [0.25, 0.3) is 5.91 Å². The van der Waals surface area contributed by atoms with Gasteiger partial charge in [-0.05, 0) is 12.2 Å². The molecule has 1 amide bonds. The van der Waals surface area contributed by atoms with E-state index in [0.29, 0.717) is 24.8 Å². The highest BCUT2D eigenvalue weighted by atomic mass is 32.2. The van der Waals surface area contributed by atoms with E-state index in [2.05, 4.69) is 4.98 Å². The molecule has 1 unspecified atom stereocenters. The number of thioether (sulfide) groups is 1. The average molecular weight is 254 g/mol. The van der Waals surface area contributed by atoms with Gasteiger partial charge in [0.05, 0.1) is 6.33 Å². The second-order valence-corrected chi connectivity index (χ2v) is 5.37. The number of nitrogens with zero attached hydrogens (tertiary/aromatic N) is 3. The highest BCUT2D eigenvalue weighted by Crippen LogP contribution is 2.22. The van der Waals surface area contributed by atoms with Crippen molar-refractivity contribution in [1.82, 2.24) is 14.5 Å². The number of hydrogen-bond acceptors (Lipinski definition) is 4. The number of nitrogens with two attached hydrogens (primary N) is 1. The second-order valence-electron chi connectivity index (χ2n) is 4.22. The van der Waals surface area contributed by atoms with E-state index in [9.17, 15) is 4.79 Å². The highest BCUT2D eigenvalue weighted by molar-refractivity contribution is 7.99. The quantitative estimate of drug-likeness (QED) is 0.846. The summed E-state index contributed by atoms with van der Waals surface area (Å²) in [6.07, 6.45) is 4.52. The monoisotopic (exact) mass is 254 g/mol. The molecule has 6 heteroatoms. The molecule has 2 N–H and O–H groups in total. The molecule has 0 spiro atoms. The number of rotatable bonds is 4. The number of imidazole rings is 1. The second kappa shape index (κ2) is 5.55. The summed E-state index contributed by atoms with van der Waals surface area (Å²) in [5.41, 5.74) is 5.97. The van der Waals surface area contributed by atoms with Crippen LogP contribution < -0.4 is 5.73 Å². The first-order valence-electron chi connectivity index (χ1n) is 5.79. The maximum Gasteiger partial charge on any atom is 0.274 e. The predicted octanol–water partition coefficient (Wildman–Crippen LogP) is 0.419. The lowest BCUT2D eigenvalue weighted by atomic mass is 10.2. The van der Waals surface area contributed by atoms with Crippen molar-refractivity contribution in [3.8, 4) is 0 Å². The fourth-order valence-electron chi connectivity index (χ4n) is 1.92. The van der Waals surface area contributed by atoms with Crippen LogP contribution in [0.5, 0.6) is 0 Å². The SMILES string of the molecule is CN(C(=O)c1cn(CCN)cn1)C1CCSC1. The van der Waals surface area contributed by atoms with Crippen molar-refractivity contribution in [3.63, 3.8) is 0 Å². The minimum atomic E-state index is 0.00766. The largest absolute Gasteiger partial charge is 0.336 e. The minimum absolute atomic E-state index is 0.00766. The number of carbonyl (C=O) groups excluding carboxylic acids is 1. The fourth-order valence-corrected chi connectivity index (χ4v) is 3.18. The smallest absolute Gasteiger partial charge is 0.274 e. The standard InChI is InChI=1S/C11H18N4OS/c1-14(9-2-5-17-7-9)11(16)10-6-15(4-3-12)8-13-10/h6,8-9H,2-5,7,12H2,1H3. The van der Waals surface area contributed by atoms with Gasteiger partial charge in [-0.1, -0.05) is 0 Å². The van der Waals surface area contributed by atoms with E-state index in [1.165, 1.54) is 0 Å². The van der Waals surface area contributed by atoms with Gasteiger partial charge in [-0.15, -0.1) is 0 Å². The topological polar surface area (TPSA) is 64.2 Å². The molecule has 1 aliphatic heterocycles. The molecule has 0 aromatic carbocycles. The van der Waals surface area contributed by atoms with Crippen LogP contribution in [0.15, 0.2) is 12.5 Å². The van der Waals surface area contributed by atoms with Gasteiger partial charge in [-0.3, -0.25) is 4.79 Å². The van der Waals surface area contributed by atoms with Crippen LogP contribution in [0.2, 0.25) is 0 Å². The number of carbonyl (C=O) groups is 1. The van der Waals surface area contributed by atoms with Crippen LogP contribution in [-0.2, 0) is 6.54 Å². The van der Waals surface area contributed by atoms with Gasteiger partial charge in [0.2, 0.25) is 0 Å². The number of aromatic nitrogens is 2. The van der Waals surface area contributed by atoms with E-state index in [-0.39, 0.29) is 5.91 Å². The predicted molar refractivity (Wildman–Crippen MR) is 69.1 cm³/mol. The molecule has 2 heterocycles. The molecule has 5 nitrogen and oxygen atoms in total. The van der Waals surface area contributed by atoms with Crippen LogP contribution >= 0.6 is 11.8 Å². The Morgan fingerprint density at radius 1 is 1.76 bits per heavy atom. The van der Waals surface area contributed by atoms with Crippen LogP contribution in [0.1, 0.15) is 16.9 Å². The average Bonchev–Trinajstić information content (AvgIpc) is 2.98. The molecule has 94 valence electrons. The minimum Gasteiger partial charge on any atom is -0.336 e. The zero-order valence-corrected chi connectivity index (χ0v) is 10.8. The van der Waals surface area contributed by atoms with Gasteiger partial charge in [-0.2, -0.15) is 11.8 Å². The number of amides is 1. The summed E-state index contributed by atoms with van der Waals surface area (Å²) in [6, 6.07) is 0.354. The van der Waals surface area contributed by atoms with Gasteiger partial charge in [-0.25, -0.2) is 4.98 Å². The Bertz CT molecular complexity index is 387. The normalized spacial score (nSPS) is 19.5. The summed E-state index contributed by atoms with van der Waals surface area (Å²) in [7, 11) is 1.86. The molecule has 1 atom stereocenters. The summed E-state index contributed by atoms with van der Waals surface area (Å²) in [5, 5.41) is 0. The molecule has 1 aromatic heterocycles. The van der Waals surface area contributed by atoms with Crippen LogP contribution in [-0.4, -0.2) is 51.5 Å². The summed E-state index contributed by atoms with van der Waals surface area (Å²) in [5.74, 6) is 2.18. The molecular formula is C11H18N4OS. The zero-order valence-electron chi connectivity index (χ0n) is 10.0. The van der Waals surface area contributed by atoms with Gasteiger partial charge in [0.1, 0.15) is 5.69 Å². The Morgan fingerprint density at radius 3 is 3.24 bits per heavy atom. The van der Waals surface area contributed by atoms with Crippen LogP contribution in [0.3, 0.4) is 0 Å². The first-order valence-corrected chi connectivity index (χ1v) is 6.94. The van der Waals surface area contributed by atoms with Crippen molar-refractivity contribution in [1.29, 1.82) is 0 Å². The van der Waals surface area contributed by atoms with Gasteiger partial charge >= 0.3 is 0 Å². The van der Waals surface area contributed by atoms with Crippen LogP contribution in [0.4, 0.5) is 0 Å². The molecule has 1 aromatic rings. The van der Waals surface area contributed by atoms with Crippen molar-refractivity contribution in [3.05, 3.63) is 18.2 Å². The fraction of sp³-hybridized carbons (Fsp3) is 0.636. The molecule has 0 radical (unpaired) electrons. The van der Waals surface area contributed by atoms with E-state index in [1.54, 1.807) is 12.5 Å². The highest BCUT2D eigenvalue weighted by Gasteiger charge is 2.25. The summed E-state index contributed by atoms with van der Waals surface area (Å²) in [4.78, 5) is 18.1. The Kier molecular flexibility index (Phi) is 4.06. The molecule has 1 fully saturated rings. The van der Waals surface area contributed by atoms with Crippen molar-refractivity contribution >= 4 is 17.7 Å². The molecule has 0 aliphatic carbocycles. The van der Waals surface area contributed by atoms with E-state index in [0.717, 1.165) is 17.9 Å². The Labute approximate surface area is 105 Å². The van der Waals surface area contributed by atoms with Gasteiger partial charge in [0, 0.05) is 38.1 Å².